The summed E-state index contributed by atoms with van der Waals surface area (Å²) < 4.78 is 40.0. The van der Waals surface area contributed by atoms with Gasteiger partial charge in [-0.05, 0) is 60.0 Å². The Morgan fingerprint density at radius 3 is 2.45 bits per heavy atom. The number of aromatic nitrogens is 1. The Bertz CT molecular complexity index is 2440. The van der Waals surface area contributed by atoms with Gasteiger partial charge in [-0.2, -0.15) is 0 Å². The number of benzene rings is 4. The van der Waals surface area contributed by atoms with Gasteiger partial charge in [-0.15, -0.1) is 6.42 Å². The van der Waals surface area contributed by atoms with Gasteiger partial charge in [0.15, 0.2) is 0 Å². The van der Waals surface area contributed by atoms with Crippen LogP contribution in [0.3, 0.4) is 0 Å². The van der Waals surface area contributed by atoms with Gasteiger partial charge >= 0.3 is 6.03 Å². The number of nitrogens with zero attached hydrogens (tertiary/aromatic N) is 4. The molecule has 0 radical (unpaired) electrons. The van der Waals surface area contributed by atoms with Crippen LogP contribution in [0.1, 0.15) is 36.7 Å². The fraction of sp³-hybridized carbons (Fsp3) is 0.279. The second-order valence-electron chi connectivity index (χ2n) is 14.8. The Balaban J connectivity index is 1.23. The predicted octanol–water partition coefficient (Wildman–Crippen LogP) is 6.63. The number of primary amides is 1. The molecule has 0 aliphatic carbocycles. The summed E-state index contributed by atoms with van der Waals surface area (Å²) in [5, 5.41) is 7.48. The van der Waals surface area contributed by atoms with Crippen molar-refractivity contribution in [3.8, 4) is 23.8 Å². The lowest BCUT2D eigenvalue weighted by Gasteiger charge is -2.28. The van der Waals surface area contributed by atoms with E-state index in [0.29, 0.717) is 70.3 Å². The molecule has 5 aromatic rings. The van der Waals surface area contributed by atoms with Crippen LogP contribution in [0.25, 0.3) is 10.8 Å². The molecule has 0 bridgehead atoms. The number of sulfonamides is 1. The van der Waals surface area contributed by atoms with E-state index in [0.717, 1.165) is 24.1 Å². The highest BCUT2D eigenvalue weighted by atomic mass is 32.2. The van der Waals surface area contributed by atoms with E-state index < -0.39 is 21.5 Å². The number of terminal acetylenes is 1. The molecule has 1 aliphatic rings. The summed E-state index contributed by atoms with van der Waals surface area (Å²) in [6.07, 6.45) is 7.33. The Kier molecular flexibility index (Phi) is 13.0. The van der Waals surface area contributed by atoms with Gasteiger partial charge in [-0.1, -0.05) is 61.5 Å². The molecule has 15 heteroatoms. The maximum Gasteiger partial charge on any atom is 0.323 e. The summed E-state index contributed by atoms with van der Waals surface area (Å²) in [6.45, 7) is 10.1. The van der Waals surface area contributed by atoms with E-state index in [1.807, 2.05) is 45.0 Å². The summed E-state index contributed by atoms with van der Waals surface area (Å²) in [6, 6.07) is 24.4. The van der Waals surface area contributed by atoms with Crippen molar-refractivity contribution in [1.82, 2.24) is 19.7 Å². The number of nitrogens with two attached hydrogens (primary N) is 1. The molecule has 0 unspecified atom stereocenters. The molecule has 6 rings (SSSR count). The summed E-state index contributed by atoms with van der Waals surface area (Å²) >= 11 is 0. The number of morpholine rings is 1. The van der Waals surface area contributed by atoms with Gasteiger partial charge in [0.05, 0.1) is 36.6 Å². The topological polar surface area (TPSA) is 169 Å². The first-order chi connectivity index (χ1) is 27.7. The van der Waals surface area contributed by atoms with Crippen LogP contribution in [-0.2, 0) is 19.6 Å². The van der Waals surface area contributed by atoms with E-state index >= 15 is 0 Å². The third-order valence-electron chi connectivity index (χ3n) is 9.18. The molecule has 2 heterocycles. The number of amides is 3. The lowest BCUT2D eigenvalue weighted by molar-refractivity contribution is -0.0672. The maximum absolute atomic E-state index is 13.6. The van der Waals surface area contributed by atoms with Crippen LogP contribution in [0.5, 0.6) is 11.5 Å². The van der Waals surface area contributed by atoms with Crippen molar-refractivity contribution in [2.24, 2.45) is 11.1 Å². The quantitative estimate of drug-likeness (QED) is 0.0819. The maximum atomic E-state index is 13.6. The molecule has 0 saturated carbocycles. The molecule has 302 valence electrons. The zero-order valence-electron chi connectivity index (χ0n) is 32.9. The molecular formula is C43H47N7O7S. The third-order valence-corrected chi connectivity index (χ3v) is 10.8. The highest BCUT2D eigenvalue weighted by Crippen LogP contribution is 2.39. The van der Waals surface area contributed by atoms with Crippen LogP contribution in [-0.4, -0.2) is 87.8 Å². The number of carbonyl (C=O) groups excluding carboxylic acids is 2. The van der Waals surface area contributed by atoms with E-state index in [9.17, 15) is 18.0 Å². The summed E-state index contributed by atoms with van der Waals surface area (Å²) in [5.41, 5.74) is 7.75. The van der Waals surface area contributed by atoms with Crippen molar-refractivity contribution >= 4 is 55.6 Å². The van der Waals surface area contributed by atoms with Gasteiger partial charge in [-0.3, -0.25) is 19.4 Å². The first-order valence-corrected chi connectivity index (χ1v) is 20.1. The largest absolute Gasteiger partial charge is 0.457 e. The molecule has 1 aliphatic heterocycles. The number of pyridine rings is 1. The number of hydrogen-bond acceptors (Lipinski definition) is 10. The van der Waals surface area contributed by atoms with E-state index in [1.165, 1.54) is 24.1 Å². The lowest BCUT2D eigenvalue weighted by atomic mass is 9.98. The molecule has 0 atom stereocenters. The summed E-state index contributed by atoms with van der Waals surface area (Å²) in [7, 11) is -2.80. The SMILES string of the molecule is C#Cc1cc(Nc2cc(Oc3ccc(N(C(N)=O)c4cccc(S(=O)(=O)N(CC(C)(C)C)OC)c4)c4ccccc34)ccn2)cc(C(=O)NCCN2CCOCC2)c1. The van der Waals surface area contributed by atoms with Gasteiger partial charge in [0.2, 0.25) is 0 Å². The molecular weight excluding hydrogens is 759 g/mol. The summed E-state index contributed by atoms with van der Waals surface area (Å²) in [5.74, 6) is 3.74. The van der Waals surface area contributed by atoms with Crippen molar-refractivity contribution in [1.29, 1.82) is 0 Å². The predicted molar refractivity (Wildman–Crippen MR) is 224 cm³/mol. The second kappa shape index (κ2) is 18.1. The Morgan fingerprint density at radius 1 is 0.983 bits per heavy atom. The van der Waals surface area contributed by atoms with E-state index in [2.05, 4.69) is 26.4 Å². The minimum Gasteiger partial charge on any atom is -0.457 e. The molecule has 58 heavy (non-hydrogen) atoms. The highest BCUT2D eigenvalue weighted by molar-refractivity contribution is 7.89. The normalized spacial score (nSPS) is 13.5. The first-order valence-electron chi connectivity index (χ1n) is 18.6. The number of rotatable bonds is 14. The number of ether oxygens (including phenoxy) is 2. The Labute approximate surface area is 338 Å². The molecule has 1 aromatic heterocycles. The van der Waals surface area contributed by atoms with Crippen LogP contribution >= 0.6 is 0 Å². The Hall–Kier alpha value is -6.02. The number of hydrogen-bond donors (Lipinski definition) is 3. The lowest BCUT2D eigenvalue weighted by Crippen LogP contribution is -2.41. The number of fused-ring (bicyclic) bond motifs is 1. The molecule has 4 N–H and O–H groups in total. The van der Waals surface area contributed by atoms with Gasteiger partial charge in [0, 0.05) is 72.6 Å². The highest BCUT2D eigenvalue weighted by Gasteiger charge is 2.30. The summed E-state index contributed by atoms with van der Waals surface area (Å²) in [4.78, 5) is 39.4. The minimum absolute atomic E-state index is 0.0707. The van der Waals surface area contributed by atoms with Gasteiger partial charge in [0.25, 0.3) is 15.9 Å². The smallest absolute Gasteiger partial charge is 0.323 e. The Morgan fingerprint density at radius 2 is 1.74 bits per heavy atom. The van der Waals surface area contributed by atoms with E-state index in [4.69, 9.17) is 26.5 Å². The zero-order valence-corrected chi connectivity index (χ0v) is 33.7. The molecule has 0 spiro atoms. The average Bonchev–Trinajstić information content (AvgIpc) is 3.20. The molecule has 1 fully saturated rings. The van der Waals surface area contributed by atoms with Crippen LogP contribution in [0.2, 0.25) is 0 Å². The number of anilines is 4. The van der Waals surface area contributed by atoms with Crippen molar-refractivity contribution < 1.29 is 32.3 Å². The third kappa shape index (κ3) is 10.1. The van der Waals surface area contributed by atoms with Gasteiger partial charge in [0.1, 0.15) is 17.3 Å². The standard InChI is InChI=1S/C43H47N7O7S/c1-6-30-24-31(41(51)46-18-19-48-20-22-56-23-21-48)26-32(25-30)47-40-28-34(16-17-45-40)57-39-15-14-38(36-12-7-8-13-37(36)39)50(42(44)52)33-10-9-11-35(27-33)58(53,54)49(55-5)29-43(2,3)4/h1,7-17,24-28H,18-23,29H2,2-5H3,(H2,44,52)(H,45,47)(H,46,51). The number of carbonyl (C=O) groups is 2. The van der Waals surface area contributed by atoms with Crippen molar-refractivity contribution in [3.63, 3.8) is 0 Å². The average molecular weight is 806 g/mol. The molecule has 1 saturated heterocycles. The number of hydroxylamine groups is 1. The molecule has 3 amide bonds. The second-order valence-corrected chi connectivity index (χ2v) is 16.6. The van der Waals surface area contributed by atoms with Gasteiger partial charge in [-0.25, -0.2) is 18.2 Å². The van der Waals surface area contributed by atoms with Gasteiger partial charge < -0.3 is 25.8 Å². The van der Waals surface area contributed by atoms with Crippen LogP contribution in [0.15, 0.2) is 102 Å². The van der Waals surface area contributed by atoms with Crippen LogP contribution in [0, 0.1) is 17.8 Å². The van der Waals surface area contributed by atoms with Crippen LogP contribution < -0.4 is 26.0 Å². The van der Waals surface area contributed by atoms with Crippen molar-refractivity contribution in [2.45, 2.75) is 25.7 Å². The minimum atomic E-state index is -4.10. The molecule has 4 aromatic carbocycles. The molecule has 14 nitrogen and oxygen atoms in total. The van der Waals surface area contributed by atoms with Crippen molar-refractivity contribution in [3.05, 3.63) is 108 Å². The van der Waals surface area contributed by atoms with Crippen molar-refractivity contribution in [2.75, 3.05) is 63.3 Å². The van der Waals surface area contributed by atoms with E-state index in [1.54, 1.807) is 60.8 Å². The fourth-order valence-electron chi connectivity index (χ4n) is 6.45. The van der Waals surface area contributed by atoms with E-state index in [-0.39, 0.29) is 23.0 Å². The number of nitrogens with one attached hydrogen (secondary N) is 2. The number of urea groups is 1. The zero-order chi connectivity index (χ0) is 41.5. The first kappa shape index (κ1) is 41.6. The fourth-order valence-corrected chi connectivity index (χ4v) is 7.96. The monoisotopic (exact) mass is 805 g/mol. The van der Waals surface area contributed by atoms with Crippen LogP contribution in [0.4, 0.5) is 27.7 Å².